The molecule has 0 heterocycles. The van der Waals surface area contributed by atoms with Crippen molar-refractivity contribution < 1.29 is 14.3 Å². The van der Waals surface area contributed by atoms with E-state index in [1.54, 1.807) is 6.92 Å². The Balaban J connectivity index is 3.30. The molecule has 1 N–H and O–H groups in total. The van der Waals surface area contributed by atoms with Gasteiger partial charge in [0.15, 0.2) is 5.90 Å². The van der Waals surface area contributed by atoms with Crippen molar-refractivity contribution in [2.75, 3.05) is 13.2 Å². The SMILES string of the molecule is CCOC(=N)CCOC(=O)CC. The molecule has 4 heteroatoms. The highest BCUT2D eigenvalue weighted by Gasteiger charge is 2.00. The zero-order valence-corrected chi connectivity index (χ0v) is 7.55. The molecule has 0 aromatic carbocycles. The predicted octanol–water partition coefficient (Wildman–Crippen LogP) is 1.34. The summed E-state index contributed by atoms with van der Waals surface area (Å²) in [6, 6.07) is 0. The van der Waals surface area contributed by atoms with Crippen LogP contribution in [0.4, 0.5) is 0 Å². The fourth-order valence-corrected chi connectivity index (χ4v) is 0.606. The molecule has 12 heavy (non-hydrogen) atoms. The predicted molar refractivity (Wildman–Crippen MR) is 45.2 cm³/mol. The van der Waals surface area contributed by atoms with Gasteiger partial charge in [0.1, 0.15) is 0 Å². The first kappa shape index (κ1) is 10.9. The molecular formula is C8H15NO3. The number of nitrogens with one attached hydrogen (secondary N) is 1. The van der Waals surface area contributed by atoms with E-state index in [2.05, 4.69) is 0 Å². The first-order valence-corrected chi connectivity index (χ1v) is 4.06. The normalized spacial score (nSPS) is 9.17. The van der Waals surface area contributed by atoms with Crippen LogP contribution in [0.2, 0.25) is 0 Å². The number of carbonyl (C=O) groups excluding carboxylic acids is 1. The number of rotatable bonds is 5. The summed E-state index contributed by atoms with van der Waals surface area (Å²) in [5.41, 5.74) is 0. The molecule has 0 saturated heterocycles. The van der Waals surface area contributed by atoms with Gasteiger partial charge in [-0.15, -0.1) is 0 Å². The maximum atomic E-state index is 10.6. The Morgan fingerprint density at radius 1 is 1.33 bits per heavy atom. The molecule has 0 aliphatic carbocycles. The van der Waals surface area contributed by atoms with E-state index in [4.69, 9.17) is 14.9 Å². The monoisotopic (exact) mass is 173 g/mol. The third-order valence-electron chi connectivity index (χ3n) is 1.20. The summed E-state index contributed by atoms with van der Waals surface area (Å²) in [6.45, 7) is 4.27. The Morgan fingerprint density at radius 2 is 2.00 bits per heavy atom. The van der Waals surface area contributed by atoms with Gasteiger partial charge in [-0.25, -0.2) is 0 Å². The van der Waals surface area contributed by atoms with E-state index in [1.165, 1.54) is 0 Å². The van der Waals surface area contributed by atoms with Crippen LogP contribution < -0.4 is 0 Å². The third-order valence-corrected chi connectivity index (χ3v) is 1.20. The molecule has 0 spiro atoms. The molecular weight excluding hydrogens is 158 g/mol. The number of hydrogen-bond donors (Lipinski definition) is 1. The summed E-state index contributed by atoms with van der Waals surface area (Å²) >= 11 is 0. The minimum atomic E-state index is -0.237. The van der Waals surface area contributed by atoms with Crippen LogP contribution >= 0.6 is 0 Å². The highest BCUT2D eigenvalue weighted by molar-refractivity contribution is 5.73. The highest BCUT2D eigenvalue weighted by atomic mass is 16.5. The Kier molecular flexibility index (Phi) is 6.05. The quantitative estimate of drug-likeness (QED) is 0.388. The minimum Gasteiger partial charge on any atom is -0.481 e. The molecule has 0 amide bonds. The van der Waals surface area contributed by atoms with Crippen LogP contribution in [0.15, 0.2) is 0 Å². The summed E-state index contributed by atoms with van der Waals surface area (Å²) in [7, 11) is 0. The summed E-state index contributed by atoms with van der Waals surface area (Å²) in [5.74, 6) is -0.0688. The van der Waals surface area contributed by atoms with E-state index >= 15 is 0 Å². The molecule has 0 rings (SSSR count). The van der Waals surface area contributed by atoms with E-state index in [0.717, 1.165) is 0 Å². The largest absolute Gasteiger partial charge is 0.481 e. The summed E-state index contributed by atoms with van der Waals surface area (Å²) < 4.78 is 9.60. The zero-order chi connectivity index (χ0) is 9.40. The highest BCUT2D eigenvalue weighted by Crippen LogP contribution is 1.90. The van der Waals surface area contributed by atoms with Gasteiger partial charge in [-0.2, -0.15) is 0 Å². The molecule has 0 unspecified atom stereocenters. The van der Waals surface area contributed by atoms with E-state index in [0.29, 0.717) is 19.4 Å². The van der Waals surface area contributed by atoms with Gasteiger partial charge in [0, 0.05) is 6.42 Å². The zero-order valence-electron chi connectivity index (χ0n) is 7.55. The first-order chi connectivity index (χ1) is 5.70. The summed E-state index contributed by atoms with van der Waals surface area (Å²) in [5, 5.41) is 7.18. The molecule has 0 atom stereocenters. The average molecular weight is 173 g/mol. The summed E-state index contributed by atoms with van der Waals surface area (Å²) in [4.78, 5) is 10.6. The molecule has 0 saturated carbocycles. The van der Waals surface area contributed by atoms with Gasteiger partial charge in [-0.1, -0.05) is 6.92 Å². The van der Waals surface area contributed by atoms with Crippen molar-refractivity contribution in [1.29, 1.82) is 5.41 Å². The fraction of sp³-hybridized carbons (Fsp3) is 0.750. The van der Waals surface area contributed by atoms with E-state index in [9.17, 15) is 4.79 Å². The van der Waals surface area contributed by atoms with Crippen molar-refractivity contribution in [3.8, 4) is 0 Å². The lowest BCUT2D eigenvalue weighted by atomic mass is 10.4. The second kappa shape index (κ2) is 6.64. The number of esters is 1. The second-order valence-electron chi connectivity index (χ2n) is 2.18. The Morgan fingerprint density at radius 3 is 2.50 bits per heavy atom. The number of carbonyl (C=O) groups is 1. The lowest BCUT2D eigenvalue weighted by Crippen LogP contribution is -2.10. The lowest BCUT2D eigenvalue weighted by Gasteiger charge is -2.04. The molecule has 0 radical (unpaired) electrons. The molecule has 70 valence electrons. The molecule has 0 aromatic heterocycles. The van der Waals surface area contributed by atoms with Crippen LogP contribution in [0.5, 0.6) is 0 Å². The van der Waals surface area contributed by atoms with Crippen LogP contribution in [-0.2, 0) is 14.3 Å². The van der Waals surface area contributed by atoms with Gasteiger partial charge in [0.2, 0.25) is 0 Å². The van der Waals surface area contributed by atoms with Crippen LogP contribution in [-0.4, -0.2) is 25.1 Å². The van der Waals surface area contributed by atoms with Crippen molar-refractivity contribution in [2.24, 2.45) is 0 Å². The second-order valence-corrected chi connectivity index (χ2v) is 2.18. The molecule has 0 aromatic rings. The maximum Gasteiger partial charge on any atom is 0.305 e. The Labute approximate surface area is 72.4 Å². The smallest absolute Gasteiger partial charge is 0.305 e. The van der Waals surface area contributed by atoms with E-state index in [1.807, 2.05) is 6.92 Å². The number of hydrogen-bond acceptors (Lipinski definition) is 4. The molecule has 4 nitrogen and oxygen atoms in total. The van der Waals surface area contributed by atoms with E-state index in [-0.39, 0.29) is 18.5 Å². The maximum absolute atomic E-state index is 10.6. The molecule has 0 bridgehead atoms. The van der Waals surface area contributed by atoms with Gasteiger partial charge < -0.3 is 9.47 Å². The Bertz CT molecular complexity index is 156. The van der Waals surface area contributed by atoms with Gasteiger partial charge in [-0.05, 0) is 6.92 Å². The van der Waals surface area contributed by atoms with Crippen LogP contribution in [0.25, 0.3) is 0 Å². The van der Waals surface area contributed by atoms with Crippen LogP contribution in [0.3, 0.4) is 0 Å². The Hall–Kier alpha value is -1.06. The average Bonchev–Trinajstić information content (AvgIpc) is 2.04. The van der Waals surface area contributed by atoms with Crippen molar-refractivity contribution in [3.05, 3.63) is 0 Å². The van der Waals surface area contributed by atoms with Gasteiger partial charge >= 0.3 is 5.97 Å². The first-order valence-electron chi connectivity index (χ1n) is 4.06. The van der Waals surface area contributed by atoms with Crippen molar-refractivity contribution in [3.63, 3.8) is 0 Å². The van der Waals surface area contributed by atoms with Crippen molar-refractivity contribution in [2.45, 2.75) is 26.7 Å². The van der Waals surface area contributed by atoms with Crippen LogP contribution in [0, 0.1) is 5.41 Å². The topological polar surface area (TPSA) is 59.4 Å². The van der Waals surface area contributed by atoms with Crippen molar-refractivity contribution in [1.82, 2.24) is 0 Å². The lowest BCUT2D eigenvalue weighted by molar-refractivity contribution is -0.143. The molecule has 0 aliphatic rings. The van der Waals surface area contributed by atoms with E-state index < -0.39 is 0 Å². The van der Waals surface area contributed by atoms with Gasteiger partial charge in [0.05, 0.1) is 19.6 Å². The van der Waals surface area contributed by atoms with Gasteiger partial charge in [0.25, 0.3) is 0 Å². The minimum absolute atomic E-state index is 0.168. The molecule has 0 aliphatic heterocycles. The summed E-state index contributed by atoms with van der Waals surface area (Å²) in [6.07, 6.45) is 0.738. The third kappa shape index (κ3) is 5.70. The van der Waals surface area contributed by atoms with Gasteiger partial charge in [-0.3, -0.25) is 10.2 Å². The fourth-order valence-electron chi connectivity index (χ4n) is 0.606. The standard InChI is InChI=1S/C8H15NO3/c1-3-8(10)12-6-5-7(9)11-4-2/h9H,3-6H2,1-2H3. The molecule has 0 fully saturated rings. The van der Waals surface area contributed by atoms with Crippen LogP contribution in [0.1, 0.15) is 26.7 Å². The number of ether oxygens (including phenoxy) is 2. The van der Waals surface area contributed by atoms with Crippen molar-refractivity contribution >= 4 is 11.9 Å².